The molecule has 0 aromatic carbocycles. The van der Waals surface area contributed by atoms with Crippen molar-refractivity contribution in [3.63, 3.8) is 0 Å². The topological polar surface area (TPSA) is 17.0 Å². The van der Waals surface area contributed by atoms with Crippen LogP contribution in [0.2, 0.25) is 0 Å². The van der Waals surface area contributed by atoms with E-state index in [1.165, 1.54) is 11.4 Å². The second-order valence-corrected chi connectivity index (χ2v) is 5.17. The third-order valence-electron chi connectivity index (χ3n) is 3.42. The van der Waals surface area contributed by atoms with Crippen LogP contribution in [0.4, 0.5) is 0 Å². The Morgan fingerprint density at radius 2 is 1.29 bits per heavy atom. The van der Waals surface area contributed by atoms with Gasteiger partial charge in [-0.05, 0) is 25.0 Å². The van der Waals surface area contributed by atoms with E-state index in [0.717, 1.165) is 39.1 Å². The molecule has 21 heavy (non-hydrogen) atoms. The summed E-state index contributed by atoms with van der Waals surface area (Å²) in [6, 6.07) is 12.7. The number of ether oxygens (including phenoxy) is 1. The average molecular weight is 286 g/mol. The van der Waals surface area contributed by atoms with E-state index in [4.69, 9.17) is 4.74 Å². The SMILES string of the molecule is CCCOCCC.c1cc[n+]2c(c1)-c1cccc[n+]1CC2. The van der Waals surface area contributed by atoms with Gasteiger partial charge in [-0.3, -0.25) is 0 Å². The second-order valence-electron chi connectivity index (χ2n) is 5.17. The molecule has 0 bridgehead atoms. The van der Waals surface area contributed by atoms with E-state index >= 15 is 0 Å². The van der Waals surface area contributed by atoms with Crippen molar-refractivity contribution in [2.45, 2.75) is 39.8 Å². The first-order chi connectivity index (χ1) is 10.4. The first-order valence-electron chi connectivity index (χ1n) is 7.91. The van der Waals surface area contributed by atoms with E-state index in [2.05, 4.69) is 71.8 Å². The lowest BCUT2D eigenvalue weighted by Gasteiger charge is -2.08. The summed E-state index contributed by atoms with van der Waals surface area (Å²) >= 11 is 0. The van der Waals surface area contributed by atoms with Gasteiger partial charge in [-0.2, -0.15) is 9.13 Å². The summed E-state index contributed by atoms with van der Waals surface area (Å²) in [5, 5.41) is 0. The highest BCUT2D eigenvalue weighted by molar-refractivity contribution is 5.46. The molecular weight excluding hydrogens is 260 g/mol. The van der Waals surface area contributed by atoms with Crippen LogP contribution in [-0.4, -0.2) is 13.2 Å². The van der Waals surface area contributed by atoms with E-state index in [1.807, 2.05) is 0 Å². The number of hydrogen-bond donors (Lipinski definition) is 0. The van der Waals surface area contributed by atoms with Gasteiger partial charge in [0.15, 0.2) is 12.4 Å². The molecule has 3 heterocycles. The number of aryl methyl sites for hydroxylation is 2. The molecule has 2 aromatic rings. The minimum Gasteiger partial charge on any atom is -0.381 e. The number of aromatic nitrogens is 2. The number of hydrogen-bond acceptors (Lipinski definition) is 1. The third-order valence-corrected chi connectivity index (χ3v) is 3.42. The van der Waals surface area contributed by atoms with Gasteiger partial charge in [0.25, 0.3) is 11.4 Å². The molecule has 3 heteroatoms. The summed E-state index contributed by atoms with van der Waals surface area (Å²) in [4.78, 5) is 0. The van der Waals surface area contributed by atoms with Crippen molar-refractivity contribution >= 4 is 0 Å². The monoisotopic (exact) mass is 286 g/mol. The van der Waals surface area contributed by atoms with Gasteiger partial charge in [-0.15, -0.1) is 0 Å². The molecule has 0 saturated carbocycles. The zero-order valence-corrected chi connectivity index (χ0v) is 13.2. The number of fused-ring (bicyclic) bond motifs is 3. The molecule has 1 aliphatic rings. The lowest BCUT2D eigenvalue weighted by molar-refractivity contribution is -0.794. The summed E-state index contributed by atoms with van der Waals surface area (Å²) < 4.78 is 9.73. The van der Waals surface area contributed by atoms with Crippen molar-refractivity contribution < 1.29 is 13.9 Å². The Labute approximate surface area is 127 Å². The summed E-state index contributed by atoms with van der Waals surface area (Å²) in [7, 11) is 0. The Bertz CT molecular complexity index is 505. The quantitative estimate of drug-likeness (QED) is 0.624. The minimum atomic E-state index is 0.924. The van der Waals surface area contributed by atoms with E-state index in [-0.39, 0.29) is 0 Å². The van der Waals surface area contributed by atoms with Crippen LogP contribution in [-0.2, 0) is 17.8 Å². The number of pyridine rings is 2. The van der Waals surface area contributed by atoms with Gasteiger partial charge >= 0.3 is 0 Å². The molecule has 3 rings (SSSR count). The van der Waals surface area contributed by atoms with Crippen molar-refractivity contribution in [3.05, 3.63) is 48.8 Å². The van der Waals surface area contributed by atoms with Crippen molar-refractivity contribution in [2.24, 2.45) is 0 Å². The van der Waals surface area contributed by atoms with Crippen LogP contribution in [0.1, 0.15) is 26.7 Å². The van der Waals surface area contributed by atoms with Crippen LogP contribution in [0.15, 0.2) is 48.8 Å². The van der Waals surface area contributed by atoms with E-state index in [0.29, 0.717) is 0 Å². The van der Waals surface area contributed by atoms with Crippen molar-refractivity contribution in [2.75, 3.05) is 13.2 Å². The molecule has 0 atom stereocenters. The minimum absolute atomic E-state index is 0.924. The highest BCUT2D eigenvalue weighted by atomic mass is 16.5. The predicted octanol–water partition coefficient (Wildman–Crippen LogP) is 2.77. The first-order valence-corrected chi connectivity index (χ1v) is 7.91. The summed E-state index contributed by atoms with van der Waals surface area (Å²) in [5.74, 6) is 0. The fourth-order valence-corrected chi connectivity index (χ4v) is 2.41. The maximum atomic E-state index is 5.13. The Balaban J connectivity index is 0.000000199. The van der Waals surface area contributed by atoms with Gasteiger partial charge in [-0.1, -0.05) is 13.8 Å². The highest BCUT2D eigenvalue weighted by Gasteiger charge is 2.27. The molecule has 0 saturated heterocycles. The number of rotatable bonds is 4. The van der Waals surface area contributed by atoms with E-state index in [9.17, 15) is 0 Å². The number of nitrogens with zero attached hydrogens (tertiary/aromatic N) is 2. The molecular formula is C18H26N2O+2. The van der Waals surface area contributed by atoms with Crippen molar-refractivity contribution in [3.8, 4) is 11.4 Å². The van der Waals surface area contributed by atoms with Gasteiger partial charge in [0.2, 0.25) is 13.1 Å². The van der Waals surface area contributed by atoms with Crippen LogP contribution in [0, 0.1) is 0 Å². The molecule has 3 nitrogen and oxygen atoms in total. The van der Waals surface area contributed by atoms with Gasteiger partial charge in [0.05, 0.1) is 0 Å². The van der Waals surface area contributed by atoms with Crippen LogP contribution in [0.3, 0.4) is 0 Å². The lowest BCUT2D eigenvalue weighted by atomic mass is 10.2. The zero-order chi connectivity index (χ0) is 14.9. The Morgan fingerprint density at radius 1 is 0.810 bits per heavy atom. The molecule has 0 amide bonds. The molecule has 0 N–H and O–H groups in total. The van der Waals surface area contributed by atoms with Crippen LogP contribution >= 0.6 is 0 Å². The second kappa shape index (κ2) is 8.53. The zero-order valence-electron chi connectivity index (χ0n) is 13.2. The molecule has 0 unspecified atom stereocenters. The lowest BCUT2D eigenvalue weighted by Crippen LogP contribution is -2.52. The largest absolute Gasteiger partial charge is 0.381 e. The van der Waals surface area contributed by atoms with Gasteiger partial charge in [-0.25, -0.2) is 0 Å². The molecule has 1 aliphatic heterocycles. The first kappa shape index (κ1) is 15.6. The molecule has 0 radical (unpaired) electrons. The fourth-order valence-electron chi connectivity index (χ4n) is 2.41. The molecule has 0 fully saturated rings. The van der Waals surface area contributed by atoms with Crippen molar-refractivity contribution in [1.29, 1.82) is 0 Å². The normalized spacial score (nSPS) is 11.9. The maximum absolute atomic E-state index is 5.13. The van der Waals surface area contributed by atoms with Crippen LogP contribution in [0.25, 0.3) is 11.4 Å². The molecule has 0 aliphatic carbocycles. The van der Waals surface area contributed by atoms with Crippen molar-refractivity contribution in [1.82, 2.24) is 0 Å². The average Bonchev–Trinajstić information content (AvgIpc) is 2.56. The molecule has 0 spiro atoms. The highest BCUT2D eigenvalue weighted by Crippen LogP contribution is 2.11. The molecule has 2 aromatic heterocycles. The summed E-state index contributed by atoms with van der Waals surface area (Å²) in [6.45, 7) is 8.22. The van der Waals surface area contributed by atoms with E-state index in [1.54, 1.807) is 0 Å². The Morgan fingerprint density at radius 3 is 1.71 bits per heavy atom. The standard InChI is InChI=1S/C12H12N2.C6H14O/c1-3-7-13-9-10-14-8-4-2-6-12(14)11(13)5-1;1-3-5-7-6-4-2/h1-8H,9-10H2;3-6H2,1-2H3/q+2;. The summed E-state index contributed by atoms with van der Waals surface area (Å²) in [6.07, 6.45) is 6.57. The third kappa shape index (κ3) is 4.36. The Hall–Kier alpha value is -1.74. The van der Waals surface area contributed by atoms with Gasteiger partial charge in [0, 0.05) is 37.5 Å². The Kier molecular flexibility index (Phi) is 6.35. The van der Waals surface area contributed by atoms with Gasteiger partial charge < -0.3 is 4.74 Å². The smallest absolute Gasteiger partial charge is 0.277 e. The van der Waals surface area contributed by atoms with Gasteiger partial charge in [0.1, 0.15) is 0 Å². The summed E-state index contributed by atoms with van der Waals surface area (Å²) in [5.41, 5.74) is 2.61. The fraction of sp³-hybridized carbons (Fsp3) is 0.444. The van der Waals surface area contributed by atoms with E-state index < -0.39 is 0 Å². The van der Waals surface area contributed by atoms with Crippen LogP contribution < -0.4 is 9.13 Å². The van der Waals surface area contributed by atoms with Crippen LogP contribution in [0.5, 0.6) is 0 Å². The molecule has 112 valence electrons. The predicted molar refractivity (Wildman–Crippen MR) is 83.7 cm³/mol. The maximum Gasteiger partial charge on any atom is 0.277 e.